The minimum Gasteiger partial charge on any atom is -0.381 e. The number of nitrogens with one attached hydrogen (secondary N) is 1. The first-order valence-corrected chi connectivity index (χ1v) is 9.55. The summed E-state index contributed by atoms with van der Waals surface area (Å²) in [4.78, 5) is 6.95. The molecule has 1 N–H and O–H groups in total. The molecule has 136 valence electrons. The number of rotatable bonds is 4. The van der Waals surface area contributed by atoms with E-state index in [2.05, 4.69) is 46.7 Å². The Morgan fingerprint density at radius 2 is 1.88 bits per heavy atom. The Balaban J connectivity index is 1.54. The second-order valence-electron chi connectivity index (χ2n) is 7.67. The van der Waals surface area contributed by atoms with Crippen LogP contribution in [0.1, 0.15) is 50.0 Å². The van der Waals surface area contributed by atoms with Crippen LogP contribution in [-0.4, -0.2) is 58.9 Å². The minimum absolute atomic E-state index is 0.507. The van der Waals surface area contributed by atoms with Gasteiger partial charge in [0.05, 0.1) is 0 Å². The van der Waals surface area contributed by atoms with E-state index < -0.39 is 0 Å². The molecule has 1 saturated heterocycles. The maximum Gasteiger partial charge on any atom is 0.154 e. The van der Waals surface area contributed by atoms with Crippen molar-refractivity contribution in [3.8, 4) is 0 Å². The van der Waals surface area contributed by atoms with Crippen LogP contribution >= 0.6 is 0 Å². The Morgan fingerprint density at radius 1 is 1.12 bits per heavy atom. The summed E-state index contributed by atoms with van der Waals surface area (Å²) >= 11 is 0. The first-order chi connectivity index (χ1) is 12.2. The lowest BCUT2D eigenvalue weighted by Gasteiger charge is -2.33. The third kappa shape index (κ3) is 3.51. The van der Waals surface area contributed by atoms with Crippen LogP contribution in [-0.2, 0) is 4.74 Å². The van der Waals surface area contributed by atoms with Crippen LogP contribution in [0.5, 0.6) is 0 Å². The predicted octanol–water partition coefficient (Wildman–Crippen LogP) is 2.91. The third-order valence-corrected chi connectivity index (χ3v) is 5.91. The number of ether oxygens (including phenoxy) is 1. The van der Waals surface area contributed by atoms with Gasteiger partial charge in [0.2, 0.25) is 0 Å². The van der Waals surface area contributed by atoms with Crippen molar-refractivity contribution in [3.63, 3.8) is 0 Å². The highest BCUT2D eigenvalue weighted by Crippen LogP contribution is 2.34. The largest absolute Gasteiger partial charge is 0.381 e. The number of nitrogens with zero attached hydrogens (tertiary/aromatic N) is 4. The Hall–Kier alpha value is -1.66. The Bertz CT molecular complexity index is 699. The Labute approximate surface area is 149 Å². The molecule has 2 aliphatic rings. The molecule has 0 unspecified atom stereocenters. The van der Waals surface area contributed by atoms with Gasteiger partial charge in [0.25, 0.3) is 0 Å². The lowest BCUT2D eigenvalue weighted by molar-refractivity contribution is 0.0856. The monoisotopic (exact) mass is 343 g/mol. The van der Waals surface area contributed by atoms with Gasteiger partial charge in [-0.15, -0.1) is 0 Å². The lowest BCUT2D eigenvalue weighted by Crippen LogP contribution is -2.36. The number of aromatic nitrogens is 3. The van der Waals surface area contributed by atoms with Crippen molar-refractivity contribution < 1.29 is 4.74 Å². The average Bonchev–Trinajstić information content (AvgIpc) is 3.08. The molecule has 0 aromatic carbocycles. The van der Waals surface area contributed by atoms with E-state index in [9.17, 15) is 0 Å². The Morgan fingerprint density at radius 3 is 2.60 bits per heavy atom. The molecule has 6 heteroatoms. The fourth-order valence-electron chi connectivity index (χ4n) is 4.35. The maximum absolute atomic E-state index is 5.53. The predicted molar refractivity (Wildman–Crippen MR) is 99.1 cm³/mol. The van der Waals surface area contributed by atoms with Crippen LogP contribution in [0.25, 0.3) is 5.52 Å². The lowest BCUT2D eigenvalue weighted by atomic mass is 9.90. The van der Waals surface area contributed by atoms with Crippen LogP contribution in [0.3, 0.4) is 0 Å². The van der Waals surface area contributed by atoms with E-state index in [-0.39, 0.29) is 0 Å². The highest BCUT2D eigenvalue weighted by atomic mass is 16.5. The molecular weight excluding hydrogens is 314 g/mol. The quantitative estimate of drug-likeness (QED) is 0.925. The van der Waals surface area contributed by atoms with Gasteiger partial charge in [-0.3, -0.25) is 0 Å². The van der Waals surface area contributed by atoms with Gasteiger partial charge in [0, 0.05) is 31.5 Å². The van der Waals surface area contributed by atoms with E-state index in [1.807, 2.05) is 4.52 Å². The van der Waals surface area contributed by atoms with Crippen LogP contribution < -0.4 is 5.32 Å². The van der Waals surface area contributed by atoms with Gasteiger partial charge in [-0.1, -0.05) is 0 Å². The van der Waals surface area contributed by atoms with E-state index >= 15 is 0 Å². The smallest absolute Gasteiger partial charge is 0.154 e. The molecule has 0 bridgehead atoms. The summed E-state index contributed by atoms with van der Waals surface area (Å²) in [6, 6.07) is 3.44. The molecule has 25 heavy (non-hydrogen) atoms. The number of hydrogen-bond donors (Lipinski definition) is 1. The molecule has 1 aliphatic heterocycles. The van der Waals surface area contributed by atoms with Crippen molar-refractivity contribution in [2.24, 2.45) is 0 Å². The van der Waals surface area contributed by atoms with Crippen LogP contribution in [0.4, 0.5) is 5.82 Å². The fourth-order valence-corrected chi connectivity index (χ4v) is 4.35. The first-order valence-electron chi connectivity index (χ1n) is 9.55. The summed E-state index contributed by atoms with van der Waals surface area (Å²) in [5.41, 5.74) is 2.53. The summed E-state index contributed by atoms with van der Waals surface area (Å²) < 4.78 is 7.51. The molecule has 0 radical (unpaired) electrons. The second kappa shape index (κ2) is 7.30. The molecule has 4 rings (SSSR count). The highest BCUT2D eigenvalue weighted by molar-refractivity contribution is 5.73. The zero-order valence-corrected chi connectivity index (χ0v) is 15.3. The topological polar surface area (TPSA) is 54.7 Å². The van der Waals surface area contributed by atoms with Gasteiger partial charge in [-0.2, -0.15) is 5.10 Å². The number of fused-ring (bicyclic) bond motifs is 1. The SMILES string of the molecule is CN(C)[C@H]1CC[C@H](Nc2ncnn3ccc(C4CCOCC4)c23)CC1. The summed E-state index contributed by atoms with van der Waals surface area (Å²) in [6.45, 7) is 1.71. The number of anilines is 1. The van der Waals surface area contributed by atoms with E-state index in [1.165, 1.54) is 31.2 Å². The van der Waals surface area contributed by atoms with Crippen molar-refractivity contribution in [1.29, 1.82) is 0 Å². The molecule has 2 aromatic rings. The van der Waals surface area contributed by atoms with Gasteiger partial charge < -0.3 is 15.0 Å². The first kappa shape index (κ1) is 16.8. The molecule has 3 heterocycles. The summed E-state index contributed by atoms with van der Waals surface area (Å²) in [7, 11) is 4.38. The van der Waals surface area contributed by atoms with Crippen molar-refractivity contribution >= 4 is 11.3 Å². The van der Waals surface area contributed by atoms with Gasteiger partial charge in [-0.25, -0.2) is 9.50 Å². The summed E-state index contributed by atoms with van der Waals surface area (Å²) in [5.74, 6) is 1.55. The fraction of sp³-hybridized carbons (Fsp3) is 0.684. The van der Waals surface area contributed by atoms with Crippen molar-refractivity contribution in [2.45, 2.75) is 56.5 Å². The molecule has 2 fully saturated rings. The molecule has 2 aromatic heterocycles. The zero-order valence-electron chi connectivity index (χ0n) is 15.3. The van der Waals surface area contributed by atoms with Gasteiger partial charge in [-0.05, 0) is 70.2 Å². The van der Waals surface area contributed by atoms with Crippen LogP contribution in [0.2, 0.25) is 0 Å². The standard InChI is InChI=1S/C19H29N5O/c1-23(2)16-5-3-15(4-6-16)22-19-18-17(14-8-11-25-12-9-14)7-10-24(18)21-13-20-19/h7,10,13-16H,3-6,8-9,11-12H2,1-2H3,(H,20,21,22)/t15-,16-. The zero-order chi connectivity index (χ0) is 17.2. The molecule has 0 atom stereocenters. The molecule has 0 spiro atoms. The van der Waals surface area contributed by atoms with E-state index in [4.69, 9.17) is 4.74 Å². The van der Waals surface area contributed by atoms with Gasteiger partial charge in [0.15, 0.2) is 5.82 Å². The van der Waals surface area contributed by atoms with Gasteiger partial charge >= 0.3 is 0 Å². The van der Waals surface area contributed by atoms with Gasteiger partial charge in [0.1, 0.15) is 11.8 Å². The Kier molecular flexibility index (Phi) is 4.90. The van der Waals surface area contributed by atoms with E-state index in [0.29, 0.717) is 12.0 Å². The van der Waals surface area contributed by atoms with Crippen molar-refractivity contribution in [1.82, 2.24) is 19.5 Å². The molecule has 6 nitrogen and oxygen atoms in total. The second-order valence-corrected chi connectivity index (χ2v) is 7.67. The molecule has 0 amide bonds. The van der Waals surface area contributed by atoms with Crippen molar-refractivity contribution in [2.75, 3.05) is 32.6 Å². The van der Waals surface area contributed by atoms with E-state index in [0.717, 1.165) is 43.4 Å². The minimum atomic E-state index is 0.507. The normalized spacial score (nSPS) is 25.6. The molecular formula is C19H29N5O. The van der Waals surface area contributed by atoms with Crippen molar-refractivity contribution in [3.05, 3.63) is 24.2 Å². The van der Waals surface area contributed by atoms with Crippen LogP contribution in [0.15, 0.2) is 18.6 Å². The van der Waals surface area contributed by atoms with E-state index in [1.54, 1.807) is 6.33 Å². The molecule has 1 aliphatic carbocycles. The number of hydrogen-bond acceptors (Lipinski definition) is 5. The molecule has 1 saturated carbocycles. The maximum atomic E-state index is 5.53. The third-order valence-electron chi connectivity index (χ3n) is 5.91. The van der Waals surface area contributed by atoms with Crippen LogP contribution in [0, 0.1) is 0 Å². The average molecular weight is 343 g/mol. The highest BCUT2D eigenvalue weighted by Gasteiger charge is 2.25. The summed E-state index contributed by atoms with van der Waals surface area (Å²) in [6.07, 6.45) is 10.8. The summed E-state index contributed by atoms with van der Waals surface area (Å²) in [5, 5.41) is 8.14.